The Morgan fingerprint density at radius 3 is 2.58 bits per heavy atom. The largest absolute Gasteiger partial charge is 0.508 e. The van der Waals surface area contributed by atoms with Gasteiger partial charge in [0.25, 0.3) is 5.91 Å². The van der Waals surface area contributed by atoms with Gasteiger partial charge in [0, 0.05) is 5.02 Å². The van der Waals surface area contributed by atoms with Crippen LogP contribution in [0.2, 0.25) is 5.02 Å². The minimum Gasteiger partial charge on any atom is -0.508 e. The molecule has 1 aliphatic rings. The van der Waals surface area contributed by atoms with Gasteiger partial charge in [-0.3, -0.25) is 9.59 Å². The van der Waals surface area contributed by atoms with E-state index in [9.17, 15) is 14.7 Å². The molecule has 0 bridgehead atoms. The van der Waals surface area contributed by atoms with Crippen molar-refractivity contribution in [3.8, 4) is 5.75 Å². The Kier molecular flexibility index (Phi) is 3.15. The van der Waals surface area contributed by atoms with Gasteiger partial charge in [0.05, 0.1) is 17.0 Å². The van der Waals surface area contributed by atoms with Crippen molar-refractivity contribution >= 4 is 28.5 Å². The van der Waals surface area contributed by atoms with Crippen LogP contribution in [0, 0.1) is 6.92 Å². The van der Waals surface area contributed by atoms with E-state index in [1.807, 2.05) is 0 Å². The van der Waals surface area contributed by atoms with Gasteiger partial charge in [0.1, 0.15) is 11.3 Å². The highest BCUT2D eigenvalue weighted by atomic mass is 35.5. The zero-order chi connectivity index (χ0) is 17.0. The van der Waals surface area contributed by atoms with E-state index in [2.05, 4.69) is 5.32 Å². The van der Waals surface area contributed by atoms with Crippen LogP contribution < -0.4 is 10.7 Å². The summed E-state index contributed by atoms with van der Waals surface area (Å²) in [5.74, 6) is -0.307. The summed E-state index contributed by atoms with van der Waals surface area (Å²) < 4.78 is 5.69. The molecule has 2 heterocycles. The summed E-state index contributed by atoms with van der Waals surface area (Å²) in [5, 5.41) is 13.0. The number of carbonyl (C=O) groups is 1. The summed E-state index contributed by atoms with van der Waals surface area (Å²) in [6.07, 6.45) is 0. The maximum Gasteiger partial charge on any atom is 0.288 e. The third-order valence-corrected chi connectivity index (χ3v) is 4.61. The third kappa shape index (κ3) is 2.09. The van der Waals surface area contributed by atoms with Crippen LogP contribution in [0.4, 0.5) is 0 Å². The predicted molar refractivity (Wildman–Crippen MR) is 89.6 cm³/mol. The van der Waals surface area contributed by atoms with Crippen molar-refractivity contribution in [1.82, 2.24) is 5.32 Å². The minimum absolute atomic E-state index is 0.0206. The summed E-state index contributed by atoms with van der Waals surface area (Å²) in [7, 11) is 0. The molecule has 5 nitrogen and oxygen atoms in total. The number of nitrogens with one attached hydrogen (secondary N) is 1. The number of carbonyl (C=O) groups excluding carboxylic acids is 1. The topological polar surface area (TPSA) is 79.5 Å². The molecule has 0 radical (unpaired) electrons. The molecule has 0 saturated heterocycles. The number of halogens is 1. The number of hydrogen-bond donors (Lipinski definition) is 2. The Morgan fingerprint density at radius 1 is 1.17 bits per heavy atom. The van der Waals surface area contributed by atoms with Crippen LogP contribution in [0.5, 0.6) is 5.75 Å². The lowest BCUT2D eigenvalue weighted by atomic mass is 9.99. The van der Waals surface area contributed by atoms with Crippen LogP contribution in [0.3, 0.4) is 0 Å². The first kappa shape index (κ1) is 14.8. The van der Waals surface area contributed by atoms with Gasteiger partial charge in [-0.25, -0.2) is 0 Å². The number of phenols is 1. The van der Waals surface area contributed by atoms with Crippen molar-refractivity contribution in [3.63, 3.8) is 0 Å². The molecule has 1 aliphatic heterocycles. The van der Waals surface area contributed by atoms with Crippen molar-refractivity contribution in [3.05, 3.63) is 74.1 Å². The van der Waals surface area contributed by atoms with E-state index in [-0.39, 0.29) is 22.5 Å². The number of fused-ring (bicyclic) bond motifs is 2. The zero-order valence-electron chi connectivity index (χ0n) is 12.6. The smallest absolute Gasteiger partial charge is 0.288 e. The number of benzene rings is 2. The predicted octanol–water partition coefficient (Wildman–Crippen LogP) is 3.29. The van der Waals surface area contributed by atoms with Gasteiger partial charge in [-0.15, -0.1) is 0 Å². The lowest BCUT2D eigenvalue weighted by Crippen LogP contribution is -2.21. The fourth-order valence-electron chi connectivity index (χ4n) is 2.95. The van der Waals surface area contributed by atoms with Crippen LogP contribution >= 0.6 is 11.6 Å². The van der Waals surface area contributed by atoms with Crippen LogP contribution in [0.1, 0.15) is 33.3 Å². The van der Waals surface area contributed by atoms with E-state index >= 15 is 0 Å². The van der Waals surface area contributed by atoms with Crippen LogP contribution in [0.25, 0.3) is 11.0 Å². The molecule has 24 heavy (non-hydrogen) atoms. The molecule has 3 aromatic rings. The van der Waals surface area contributed by atoms with Gasteiger partial charge in [0.2, 0.25) is 5.76 Å². The zero-order valence-corrected chi connectivity index (χ0v) is 13.3. The van der Waals surface area contributed by atoms with Crippen LogP contribution in [-0.4, -0.2) is 11.0 Å². The Labute approximate surface area is 141 Å². The second-order valence-electron chi connectivity index (χ2n) is 5.77. The second-order valence-corrected chi connectivity index (χ2v) is 6.18. The fourth-order valence-corrected chi connectivity index (χ4v) is 3.11. The first-order valence-corrected chi connectivity index (χ1v) is 7.70. The van der Waals surface area contributed by atoms with E-state index in [0.717, 1.165) is 5.56 Å². The molecule has 120 valence electrons. The summed E-state index contributed by atoms with van der Waals surface area (Å²) in [6, 6.07) is 8.91. The van der Waals surface area contributed by atoms with E-state index < -0.39 is 11.9 Å². The Balaban J connectivity index is 2.00. The van der Waals surface area contributed by atoms with Gasteiger partial charge >= 0.3 is 0 Å². The molecule has 1 aromatic heterocycles. The van der Waals surface area contributed by atoms with Crippen molar-refractivity contribution in [2.24, 2.45) is 0 Å². The Morgan fingerprint density at radius 2 is 1.88 bits per heavy atom. The highest BCUT2D eigenvalue weighted by Gasteiger charge is 2.35. The van der Waals surface area contributed by atoms with Crippen molar-refractivity contribution in [1.29, 1.82) is 0 Å². The molecule has 1 atom stereocenters. The van der Waals surface area contributed by atoms with E-state index in [4.69, 9.17) is 16.0 Å². The number of rotatable bonds is 1. The first-order valence-electron chi connectivity index (χ1n) is 7.32. The van der Waals surface area contributed by atoms with E-state index in [0.29, 0.717) is 21.6 Å². The molecular formula is C18H12ClNO4. The van der Waals surface area contributed by atoms with Crippen molar-refractivity contribution < 1.29 is 14.3 Å². The number of aryl methyl sites for hydroxylation is 1. The standard InChI is InChI=1S/C18H12ClNO4/c1-8-6-13-11(7-12(8)19)16(22)14-15(20-18(23)17(14)24-13)9-2-4-10(21)5-3-9/h2-7,15,21H,1H3,(H,20,23)/t15-/m1/s1. The number of aromatic hydroxyl groups is 1. The average Bonchev–Trinajstić information content (AvgIpc) is 2.88. The minimum atomic E-state index is -0.617. The third-order valence-electron chi connectivity index (χ3n) is 4.20. The average molecular weight is 342 g/mol. The maximum absolute atomic E-state index is 12.9. The van der Waals surface area contributed by atoms with Crippen molar-refractivity contribution in [2.45, 2.75) is 13.0 Å². The normalized spacial score (nSPS) is 16.2. The van der Waals surface area contributed by atoms with Gasteiger partial charge in [-0.2, -0.15) is 0 Å². The first-order chi connectivity index (χ1) is 11.5. The van der Waals surface area contributed by atoms with E-state index in [1.165, 1.54) is 12.1 Å². The summed E-state index contributed by atoms with van der Waals surface area (Å²) in [5.41, 5.74) is 1.76. The molecule has 0 saturated carbocycles. The summed E-state index contributed by atoms with van der Waals surface area (Å²) >= 11 is 6.12. The molecule has 1 amide bonds. The SMILES string of the molecule is Cc1cc2oc3c(c(=O)c2cc1Cl)[C@@H](c1ccc(O)cc1)NC3=O. The second kappa shape index (κ2) is 5.11. The number of amides is 1. The summed E-state index contributed by atoms with van der Waals surface area (Å²) in [4.78, 5) is 25.2. The molecule has 4 rings (SSSR count). The molecule has 0 unspecified atom stereocenters. The fraction of sp³-hybridized carbons (Fsp3) is 0.111. The number of phenolic OH excluding ortho intramolecular Hbond substituents is 1. The molecule has 0 spiro atoms. The van der Waals surface area contributed by atoms with E-state index in [1.54, 1.807) is 31.2 Å². The Bertz CT molecular complexity index is 1050. The molecule has 0 fully saturated rings. The monoisotopic (exact) mass is 341 g/mol. The van der Waals surface area contributed by atoms with Gasteiger partial charge < -0.3 is 14.8 Å². The Hall–Kier alpha value is -2.79. The van der Waals surface area contributed by atoms with Gasteiger partial charge in [0.15, 0.2) is 5.43 Å². The van der Waals surface area contributed by atoms with Crippen LogP contribution in [-0.2, 0) is 0 Å². The quantitative estimate of drug-likeness (QED) is 0.711. The molecule has 2 aromatic carbocycles. The van der Waals surface area contributed by atoms with Crippen LogP contribution in [0.15, 0.2) is 45.6 Å². The number of hydrogen-bond acceptors (Lipinski definition) is 4. The summed E-state index contributed by atoms with van der Waals surface area (Å²) in [6.45, 7) is 1.80. The highest BCUT2D eigenvalue weighted by molar-refractivity contribution is 6.32. The molecule has 6 heteroatoms. The lowest BCUT2D eigenvalue weighted by Gasteiger charge is -2.11. The van der Waals surface area contributed by atoms with Gasteiger partial charge in [-0.1, -0.05) is 23.7 Å². The van der Waals surface area contributed by atoms with Gasteiger partial charge in [-0.05, 0) is 42.3 Å². The maximum atomic E-state index is 12.9. The molecular weight excluding hydrogens is 330 g/mol. The molecule has 0 aliphatic carbocycles. The molecule has 2 N–H and O–H groups in total. The van der Waals surface area contributed by atoms with Crippen molar-refractivity contribution in [2.75, 3.05) is 0 Å². The highest BCUT2D eigenvalue weighted by Crippen LogP contribution is 2.32. The lowest BCUT2D eigenvalue weighted by molar-refractivity contribution is 0.0938.